The largest absolute Gasteiger partial charge is 0.392 e. The van der Waals surface area contributed by atoms with E-state index in [1.54, 1.807) is 0 Å². The highest BCUT2D eigenvalue weighted by molar-refractivity contribution is 5.30. The first-order valence-corrected chi connectivity index (χ1v) is 4.20. The van der Waals surface area contributed by atoms with Gasteiger partial charge >= 0.3 is 0 Å². The molecule has 4 heteroatoms. The highest BCUT2D eigenvalue weighted by Gasteiger charge is 2.10. The molecule has 0 spiro atoms. The molecule has 1 rings (SSSR count). The Bertz CT molecular complexity index is 360. The van der Waals surface area contributed by atoms with E-state index >= 15 is 0 Å². The molecule has 0 saturated heterocycles. The first kappa shape index (κ1) is 10.6. The summed E-state index contributed by atoms with van der Waals surface area (Å²) in [6, 6.07) is 5.46. The van der Waals surface area contributed by atoms with Gasteiger partial charge in [-0.3, -0.25) is 0 Å². The summed E-state index contributed by atoms with van der Waals surface area (Å²) in [4.78, 5) is 0. The topological polar surface area (TPSA) is 70.0 Å². The summed E-state index contributed by atoms with van der Waals surface area (Å²) < 4.78 is 12.8. The van der Waals surface area contributed by atoms with Crippen LogP contribution in [0.1, 0.15) is 23.6 Å². The van der Waals surface area contributed by atoms with Crippen LogP contribution in [0, 0.1) is 17.1 Å². The second kappa shape index (κ2) is 4.70. The third-order valence-electron chi connectivity index (χ3n) is 1.99. The fraction of sp³-hybridized carbons (Fsp3) is 0.300. The van der Waals surface area contributed by atoms with E-state index < -0.39 is 11.9 Å². The van der Waals surface area contributed by atoms with E-state index in [1.165, 1.54) is 18.2 Å². The fourth-order valence-corrected chi connectivity index (χ4v) is 1.28. The minimum atomic E-state index is -0.470. The zero-order chi connectivity index (χ0) is 10.6. The van der Waals surface area contributed by atoms with Crippen LogP contribution in [0.4, 0.5) is 4.39 Å². The molecule has 14 heavy (non-hydrogen) atoms. The normalized spacial score (nSPS) is 12.1. The number of halogens is 1. The van der Waals surface area contributed by atoms with Gasteiger partial charge in [0, 0.05) is 6.04 Å². The number of nitrogens with zero attached hydrogens (tertiary/aromatic N) is 1. The standard InChI is InChI=1S/C10H11FN2O/c11-8-1-2-9(7(5-8)6-14)10(13)3-4-12/h1-2,5,10,14H,3,6,13H2/t10-/m1/s1. The van der Waals surface area contributed by atoms with Crippen LogP contribution in [0.15, 0.2) is 18.2 Å². The van der Waals surface area contributed by atoms with Crippen molar-refractivity contribution in [3.8, 4) is 6.07 Å². The smallest absolute Gasteiger partial charge is 0.123 e. The van der Waals surface area contributed by atoms with Gasteiger partial charge in [0.1, 0.15) is 5.82 Å². The number of aliphatic hydroxyl groups is 1. The summed E-state index contributed by atoms with van der Waals surface area (Å²) in [5.41, 5.74) is 6.73. The van der Waals surface area contributed by atoms with Gasteiger partial charge in [-0.15, -0.1) is 0 Å². The van der Waals surface area contributed by atoms with Crippen LogP contribution in [-0.4, -0.2) is 5.11 Å². The van der Waals surface area contributed by atoms with E-state index in [-0.39, 0.29) is 13.0 Å². The summed E-state index contributed by atoms with van der Waals surface area (Å²) in [6.45, 7) is -0.272. The van der Waals surface area contributed by atoms with Crippen molar-refractivity contribution >= 4 is 0 Å². The molecule has 1 aromatic carbocycles. The maximum absolute atomic E-state index is 12.8. The predicted octanol–water partition coefficient (Wildman–Crippen LogP) is 1.23. The highest BCUT2D eigenvalue weighted by atomic mass is 19.1. The van der Waals surface area contributed by atoms with Gasteiger partial charge in [-0.05, 0) is 23.3 Å². The Labute approximate surface area is 81.6 Å². The first-order chi connectivity index (χ1) is 6.69. The zero-order valence-electron chi connectivity index (χ0n) is 7.57. The molecule has 0 aliphatic rings. The molecule has 0 fully saturated rings. The second-order valence-corrected chi connectivity index (χ2v) is 2.97. The molecular weight excluding hydrogens is 183 g/mol. The fourth-order valence-electron chi connectivity index (χ4n) is 1.28. The number of rotatable bonds is 3. The van der Waals surface area contributed by atoms with Gasteiger partial charge in [0.15, 0.2) is 0 Å². The van der Waals surface area contributed by atoms with Crippen LogP contribution in [0.5, 0.6) is 0 Å². The third-order valence-corrected chi connectivity index (χ3v) is 1.99. The molecule has 0 radical (unpaired) electrons. The molecule has 0 saturated carbocycles. The lowest BCUT2D eigenvalue weighted by Gasteiger charge is -2.12. The monoisotopic (exact) mass is 194 g/mol. The molecular formula is C10H11FN2O. The second-order valence-electron chi connectivity index (χ2n) is 2.97. The van der Waals surface area contributed by atoms with E-state index in [0.29, 0.717) is 11.1 Å². The van der Waals surface area contributed by atoms with Crippen molar-refractivity contribution in [2.24, 2.45) is 5.73 Å². The van der Waals surface area contributed by atoms with Crippen molar-refractivity contribution in [1.82, 2.24) is 0 Å². The lowest BCUT2D eigenvalue weighted by molar-refractivity contribution is 0.279. The lowest BCUT2D eigenvalue weighted by atomic mass is 9.99. The van der Waals surface area contributed by atoms with Crippen LogP contribution >= 0.6 is 0 Å². The number of aliphatic hydroxyl groups excluding tert-OH is 1. The van der Waals surface area contributed by atoms with E-state index in [2.05, 4.69) is 0 Å². The van der Waals surface area contributed by atoms with Crippen molar-refractivity contribution in [1.29, 1.82) is 5.26 Å². The van der Waals surface area contributed by atoms with Gasteiger partial charge in [0.05, 0.1) is 19.1 Å². The third kappa shape index (κ3) is 2.28. The van der Waals surface area contributed by atoms with Gasteiger partial charge in [0.25, 0.3) is 0 Å². The number of nitrogens with two attached hydrogens (primary N) is 1. The van der Waals surface area contributed by atoms with Crippen molar-refractivity contribution in [2.45, 2.75) is 19.1 Å². The number of hydrogen-bond donors (Lipinski definition) is 2. The van der Waals surface area contributed by atoms with Crippen molar-refractivity contribution in [3.63, 3.8) is 0 Å². The molecule has 74 valence electrons. The van der Waals surface area contributed by atoms with Gasteiger partial charge < -0.3 is 10.8 Å². The Balaban J connectivity index is 3.02. The van der Waals surface area contributed by atoms with E-state index in [9.17, 15) is 4.39 Å². The van der Waals surface area contributed by atoms with Gasteiger partial charge in [-0.2, -0.15) is 5.26 Å². The summed E-state index contributed by atoms with van der Waals surface area (Å²) in [6.07, 6.45) is 0.151. The Hall–Kier alpha value is -1.44. The van der Waals surface area contributed by atoms with Crippen molar-refractivity contribution < 1.29 is 9.50 Å². The lowest BCUT2D eigenvalue weighted by Crippen LogP contribution is -2.12. The number of nitriles is 1. The van der Waals surface area contributed by atoms with Gasteiger partial charge in [0.2, 0.25) is 0 Å². The average molecular weight is 194 g/mol. The Morgan fingerprint density at radius 1 is 1.57 bits per heavy atom. The minimum absolute atomic E-state index is 0.151. The molecule has 0 bridgehead atoms. The molecule has 3 nitrogen and oxygen atoms in total. The van der Waals surface area contributed by atoms with Gasteiger partial charge in [-0.1, -0.05) is 6.07 Å². The average Bonchev–Trinajstić information content (AvgIpc) is 2.17. The summed E-state index contributed by atoms with van der Waals surface area (Å²) in [7, 11) is 0. The Kier molecular flexibility index (Phi) is 3.57. The maximum atomic E-state index is 12.8. The molecule has 3 N–H and O–H groups in total. The highest BCUT2D eigenvalue weighted by Crippen LogP contribution is 2.19. The van der Waals surface area contributed by atoms with E-state index in [4.69, 9.17) is 16.1 Å². The molecule has 0 amide bonds. The first-order valence-electron chi connectivity index (χ1n) is 4.20. The molecule has 0 aliphatic heterocycles. The summed E-state index contributed by atoms with van der Waals surface area (Å²) in [5, 5.41) is 17.4. The minimum Gasteiger partial charge on any atom is -0.392 e. The molecule has 1 atom stereocenters. The van der Waals surface area contributed by atoms with E-state index in [1.807, 2.05) is 6.07 Å². The Morgan fingerprint density at radius 2 is 2.29 bits per heavy atom. The van der Waals surface area contributed by atoms with E-state index in [0.717, 1.165) is 0 Å². The molecule has 0 unspecified atom stereocenters. The van der Waals surface area contributed by atoms with Crippen LogP contribution in [0.25, 0.3) is 0 Å². The van der Waals surface area contributed by atoms with Crippen LogP contribution in [0.3, 0.4) is 0 Å². The van der Waals surface area contributed by atoms with Crippen molar-refractivity contribution in [3.05, 3.63) is 35.1 Å². The van der Waals surface area contributed by atoms with Crippen molar-refractivity contribution in [2.75, 3.05) is 0 Å². The van der Waals surface area contributed by atoms with Crippen LogP contribution in [0.2, 0.25) is 0 Å². The van der Waals surface area contributed by atoms with Gasteiger partial charge in [-0.25, -0.2) is 4.39 Å². The summed E-state index contributed by atoms with van der Waals surface area (Å²) in [5.74, 6) is -0.415. The quantitative estimate of drug-likeness (QED) is 0.760. The molecule has 0 aliphatic carbocycles. The SMILES string of the molecule is N#CC[C@@H](N)c1ccc(F)cc1CO. The summed E-state index contributed by atoms with van der Waals surface area (Å²) >= 11 is 0. The van der Waals surface area contributed by atoms with Crippen LogP contribution < -0.4 is 5.73 Å². The molecule has 0 heterocycles. The Morgan fingerprint density at radius 3 is 2.86 bits per heavy atom. The zero-order valence-corrected chi connectivity index (χ0v) is 7.57. The predicted molar refractivity (Wildman–Crippen MR) is 49.5 cm³/mol. The maximum Gasteiger partial charge on any atom is 0.123 e. The number of hydrogen-bond acceptors (Lipinski definition) is 3. The molecule has 0 aromatic heterocycles. The number of benzene rings is 1. The van der Waals surface area contributed by atoms with Crippen LogP contribution in [-0.2, 0) is 6.61 Å². The molecule has 1 aromatic rings.